The molecule has 0 saturated heterocycles. The molecule has 1 rings (SSSR count). The quantitative estimate of drug-likeness (QED) is 0.789. The minimum absolute atomic E-state index is 0.212. The maximum Gasteiger partial charge on any atom is 0.120 e. The van der Waals surface area contributed by atoms with Gasteiger partial charge in [-0.1, -0.05) is 13.0 Å². The monoisotopic (exact) mass is 251 g/mol. The van der Waals surface area contributed by atoms with Gasteiger partial charge in [-0.3, -0.25) is 0 Å². The number of hydrogen-bond donors (Lipinski definition) is 1. The summed E-state index contributed by atoms with van der Waals surface area (Å²) in [4.78, 5) is 0. The van der Waals surface area contributed by atoms with E-state index in [0.717, 1.165) is 5.75 Å². The van der Waals surface area contributed by atoms with Crippen LogP contribution in [-0.4, -0.2) is 28.8 Å². The maximum atomic E-state index is 9.31. The van der Waals surface area contributed by atoms with Crippen molar-refractivity contribution in [3.63, 3.8) is 0 Å². The van der Waals surface area contributed by atoms with E-state index < -0.39 is 0 Å². The van der Waals surface area contributed by atoms with E-state index in [4.69, 9.17) is 10.00 Å². The lowest BCUT2D eigenvalue weighted by Crippen LogP contribution is -2.17. The van der Waals surface area contributed by atoms with Gasteiger partial charge in [0.25, 0.3) is 0 Å². The topological polar surface area (TPSA) is 53.2 Å². The van der Waals surface area contributed by atoms with Gasteiger partial charge in [-0.15, -0.1) is 0 Å². The Labute approximate surface area is 106 Å². The number of nitrogens with zero attached hydrogens (tertiary/aromatic N) is 1. The van der Waals surface area contributed by atoms with E-state index in [-0.39, 0.29) is 11.4 Å². The molecule has 0 aromatic heterocycles. The number of hydrogen-bond acceptors (Lipinski definition) is 4. The summed E-state index contributed by atoms with van der Waals surface area (Å²) < 4.78 is 5.53. The molecule has 92 valence electrons. The van der Waals surface area contributed by atoms with Gasteiger partial charge in [0.15, 0.2) is 0 Å². The largest absolute Gasteiger partial charge is 0.493 e. The highest BCUT2D eigenvalue weighted by Crippen LogP contribution is 2.16. The van der Waals surface area contributed by atoms with Crippen molar-refractivity contribution in [3.05, 3.63) is 29.8 Å². The zero-order chi connectivity index (χ0) is 12.7. The highest BCUT2D eigenvalue weighted by Gasteiger charge is 2.08. The molecule has 4 heteroatoms. The second-order valence-electron chi connectivity index (χ2n) is 3.80. The lowest BCUT2D eigenvalue weighted by atomic mass is 10.2. The van der Waals surface area contributed by atoms with E-state index >= 15 is 0 Å². The van der Waals surface area contributed by atoms with Crippen molar-refractivity contribution in [3.8, 4) is 11.8 Å². The van der Waals surface area contributed by atoms with Crippen molar-refractivity contribution in [1.29, 1.82) is 5.26 Å². The normalized spacial score (nSPS) is 13.8. The zero-order valence-electron chi connectivity index (χ0n) is 10.1. The molecule has 0 aliphatic heterocycles. The van der Waals surface area contributed by atoms with Gasteiger partial charge >= 0.3 is 0 Å². The Bertz CT molecular complexity index is 387. The van der Waals surface area contributed by atoms with Crippen molar-refractivity contribution in [1.82, 2.24) is 0 Å². The molecule has 0 aliphatic carbocycles. The Morgan fingerprint density at radius 2 is 2.24 bits per heavy atom. The molecule has 1 aromatic carbocycles. The smallest absolute Gasteiger partial charge is 0.120 e. The molecule has 0 heterocycles. The summed E-state index contributed by atoms with van der Waals surface area (Å²) in [5.41, 5.74) is 0.604. The summed E-state index contributed by atoms with van der Waals surface area (Å²) in [7, 11) is 0. The van der Waals surface area contributed by atoms with Crippen LogP contribution in [0.2, 0.25) is 0 Å². The Kier molecular flexibility index (Phi) is 5.88. The highest BCUT2D eigenvalue weighted by molar-refractivity contribution is 7.99. The predicted molar refractivity (Wildman–Crippen MR) is 70.3 cm³/mol. The van der Waals surface area contributed by atoms with E-state index in [2.05, 4.69) is 6.07 Å². The average molecular weight is 251 g/mol. The standard InChI is InChI=1S/C13H17NO2S/c1-10(15)11(2)17-7-6-16-13-5-3-4-12(8-13)9-14/h3-5,8,10-11,15H,6-7H2,1-2H3/t10-,11+/m1/s1. The fourth-order valence-corrected chi connectivity index (χ4v) is 2.02. The first kappa shape index (κ1) is 13.9. The number of ether oxygens (including phenoxy) is 1. The molecule has 0 saturated carbocycles. The molecule has 0 fully saturated rings. The third kappa shape index (κ3) is 5.12. The van der Waals surface area contributed by atoms with E-state index in [1.807, 2.05) is 13.0 Å². The van der Waals surface area contributed by atoms with Crippen molar-refractivity contribution in [2.75, 3.05) is 12.4 Å². The molecule has 0 aliphatic rings. The van der Waals surface area contributed by atoms with Crippen LogP contribution in [0.1, 0.15) is 19.4 Å². The predicted octanol–water partition coefficient (Wildman–Crippen LogP) is 2.44. The molecule has 0 bridgehead atoms. The number of benzene rings is 1. The van der Waals surface area contributed by atoms with Crippen LogP contribution in [0.15, 0.2) is 24.3 Å². The molecule has 1 N–H and O–H groups in total. The number of rotatable bonds is 6. The van der Waals surface area contributed by atoms with Crippen LogP contribution < -0.4 is 4.74 Å². The van der Waals surface area contributed by atoms with E-state index in [1.54, 1.807) is 36.9 Å². The lowest BCUT2D eigenvalue weighted by Gasteiger charge is -2.14. The first-order chi connectivity index (χ1) is 8.13. The van der Waals surface area contributed by atoms with Crippen LogP contribution in [0.3, 0.4) is 0 Å². The zero-order valence-corrected chi connectivity index (χ0v) is 10.9. The minimum atomic E-state index is -0.304. The molecule has 17 heavy (non-hydrogen) atoms. The maximum absolute atomic E-state index is 9.31. The summed E-state index contributed by atoms with van der Waals surface area (Å²) in [6.45, 7) is 4.36. The van der Waals surface area contributed by atoms with Crippen molar-refractivity contribution < 1.29 is 9.84 Å². The van der Waals surface area contributed by atoms with Gasteiger partial charge in [0.05, 0.1) is 24.3 Å². The highest BCUT2D eigenvalue weighted by atomic mass is 32.2. The average Bonchev–Trinajstić information content (AvgIpc) is 2.34. The van der Waals surface area contributed by atoms with Crippen LogP contribution in [0.5, 0.6) is 5.75 Å². The summed E-state index contributed by atoms with van der Waals surface area (Å²) in [5.74, 6) is 1.54. The molecule has 2 atom stereocenters. The molecule has 3 nitrogen and oxygen atoms in total. The lowest BCUT2D eigenvalue weighted by molar-refractivity contribution is 0.196. The third-order valence-electron chi connectivity index (χ3n) is 2.38. The van der Waals surface area contributed by atoms with Crippen molar-refractivity contribution in [2.24, 2.45) is 0 Å². The van der Waals surface area contributed by atoms with Crippen LogP contribution in [0.4, 0.5) is 0 Å². The molecule has 0 radical (unpaired) electrons. The van der Waals surface area contributed by atoms with Gasteiger partial charge in [-0.05, 0) is 25.1 Å². The van der Waals surface area contributed by atoms with Crippen molar-refractivity contribution >= 4 is 11.8 Å². The molecular formula is C13H17NO2S. The van der Waals surface area contributed by atoms with E-state index in [9.17, 15) is 5.11 Å². The van der Waals surface area contributed by atoms with Gasteiger partial charge in [0.1, 0.15) is 5.75 Å². The number of aliphatic hydroxyl groups is 1. The first-order valence-electron chi connectivity index (χ1n) is 5.56. The number of aliphatic hydroxyl groups excluding tert-OH is 1. The van der Waals surface area contributed by atoms with Crippen LogP contribution in [0.25, 0.3) is 0 Å². The second-order valence-corrected chi connectivity index (χ2v) is 5.29. The fourth-order valence-electron chi connectivity index (χ4n) is 1.19. The molecule has 0 unspecified atom stereocenters. The van der Waals surface area contributed by atoms with Gasteiger partial charge in [-0.25, -0.2) is 0 Å². The van der Waals surface area contributed by atoms with Gasteiger partial charge in [0.2, 0.25) is 0 Å². The Morgan fingerprint density at radius 3 is 2.88 bits per heavy atom. The molecular weight excluding hydrogens is 234 g/mol. The van der Waals surface area contributed by atoms with Gasteiger partial charge in [0, 0.05) is 11.0 Å². The SMILES string of the molecule is C[C@H](SCCOc1cccc(C#N)c1)[C@@H](C)O. The molecule has 0 amide bonds. The number of thioether (sulfide) groups is 1. The summed E-state index contributed by atoms with van der Waals surface area (Å²) in [5, 5.41) is 18.2. The van der Waals surface area contributed by atoms with Crippen LogP contribution in [-0.2, 0) is 0 Å². The van der Waals surface area contributed by atoms with Gasteiger partial charge in [-0.2, -0.15) is 17.0 Å². The third-order valence-corrected chi connectivity index (χ3v) is 3.70. The van der Waals surface area contributed by atoms with Crippen LogP contribution in [0, 0.1) is 11.3 Å². The van der Waals surface area contributed by atoms with E-state index in [1.165, 1.54) is 0 Å². The second kappa shape index (κ2) is 7.21. The minimum Gasteiger partial charge on any atom is -0.493 e. The first-order valence-corrected chi connectivity index (χ1v) is 6.61. The number of nitriles is 1. The van der Waals surface area contributed by atoms with Crippen molar-refractivity contribution in [2.45, 2.75) is 25.2 Å². The molecule has 0 spiro atoms. The van der Waals surface area contributed by atoms with Gasteiger partial charge < -0.3 is 9.84 Å². The fraction of sp³-hybridized carbons (Fsp3) is 0.462. The Balaban J connectivity index is 2.29. The Hall–Kier alpha value is -1.18. The molecule has 1 aromatic rings. The Morgan fingerprint density at radius 1 is 1.47 bits per heavy atom. The summed E-state index contributed by atoms with van der Waals surface area (Å²) in [6.07, 6.45) is -0.304. The van der Waals surface area contributed by atoms with E-state index in [0.29, 0.717) is 17.9 Å². The van der Waals surface area contributed by atoms with Crippen LogP contribution >= 0.6 is 11.8 Å². The summed E-state index contributed by atoms with van der Waals surface area (Å²) >= 11 is 1.67. The summed E-state index contributed by atoms with van der Waals surface area (Å²) in [6, 6.07) is 9.19.